The molecule has 1 atom stereocenters. The second-order valence-corrected chi connectivity index (χ2v) is 6.09. The van der Waals surface area contributed by atoms with Crippen molar-refractivity contribution in [1.29, 1.82) is 0 Å². The lowest BCUT2D eigenvalue weighted by Gasteiger charge is -2.16. The Balaban J connectivity index is 2.86. The van der Waals surface area contributed by atoms with Crippen molar-refractivity contribution < 1.29 is 12.8 Å². The van der Waals surface area contributed by atoms with E-state index in [0.29, 0.717) is 12.8 Å². The maximum Gasteiger partial charge on any atom is 0.240 e. The van der Waals surface area contributed by atoms with E-state index in [-0.39, 0.29) is 15.9 Å². The summed E-state index contributed by atoms with van der Waals surface area (Å²) in [4.78, 5) is 0.272. The van der Waals surface area contributed by atoms with E-state index in [9.17, 15) is 12.8 Å². The SMILES string of the molecule is CCC(CC(N)=S)NS(=O)(=O)c1ccc(F)cc1. The quantitative estimate of drug-likeness (QED) is 0.780. The van der Waals surface area contributed by atoms with Crippen LogP contribution in [0.5, 0.6) is 0 Å². The van der Waals surface area contributed by atoms with Crippen LogP contribution in [0, 0.1) is 5.82 Å². The summed E-state index contributed by atoms with van der Waals surface area (Å²) < 4.78 is 39.2. The topological polar surface area (TPSA) is 72.2 Å². The third-order valence-corrected chi connectivity index (χ3v) is 4.09. The monoisotopic (exact) mass is 290 g/mol. The summed E-state index contributed by atoms with van der Waals surface area (Å²) in [6, 6.07) is 4.28. The highest BCUT2D eigenvalue weighted by Gasteiger charge is 2.19. The molecular formula is C11H15FN2O2S2. The van der Waals surface area contributed by atoms with Gasteiger partial charge in [0.1, 0.15) is 5.82 Å². The Bertz CT molecular complexity index is 514. The molecule has 1 aromatic rings. The van der Waals surface area contributed by atoms with Crippen LogP contribution in [0.3, 0.4) is 0 Å². The van der Waals surface area contributed by atoms with Crippen molar-refractivity contribution in [2.45, 2.75) is 30.7 Å². The number of benzene rings is 1. The van der Waals surface area contributed by atoms with Gasteiger partial charge in [0.25, 0.3) is 0 Å². The Morgan fingerprint density at radius 2 is 2.00 bits per heavy atom. The Kier molecular flexibility index (Phi) is 5.18. The Labute approximate surface area is 111 Å². The van der Waals surface area contributed by atoms with Crippen LogP contribution in [0.2, 0.25) is 0 Å². The first-order valence-corrected chi connectivity index (χ1v) is 7.30. The minimum absolute atomic E-state index is 0.0188. The van der Waals surface area contributed by atoms with Crippen molar-refractivity contribution in [1.82, 2.24) is 4.72 Å². The van der Waals surface area contributed by atoms with Crippen molar-refractivity contribution in [3.8, 4) is 0 Å². The van der Waals surface area contributed by atoms with Crippen LogP contribution >= 0.6 is 12.2 Å². The van der Waals surface area contributed by atoms with Gasteiger partial charge in [0.2, 0.25) is 10.0 Å². The molecule has 1 aromatic carbocycles. The summed E-state index contributed by atoms with van der Waals surface area (Å²) in [6.45, 7) is 1.83. The second-order valence-electron chi connectivity index (χ2n) is 3.85. The summed E-state index contributed by atoms with van der Waals surface area (Å²) >= 11 is 4.75. The molecular weight excluding hydrogens is 275 g/mol. The lowest BCUT2D eigenvalue weighted by Crippen LogP contribution is -2.37. The minimum atomic E-state index is -3.67. The van der Waals surface area contributed by atoms with Crippen LogP contribution in [-0.2, 0) is 10.0 Å². The fourth-order valence-corrected chi connectivity index (χ4v) is 2.93. The summed E-state index contributed by atoms with van der Waals surface area (Å²) in [5, 5.41) is 0. The van der Waals surface area contributed by atoms with E-state index < -0.39 is 15.8 Å². The number of thiocarbonyl (C=S) groups is 1. The first-order valence-electron chi connectivity index (χ1n) is 5.41. The molecule has 7 heteroatoms. The van der Waals surface area contributed by atoms with Crippen LogP contribution in [0.4, 0.5) is 4.39 Å². The number of hydrogen-bond acceptors (Lipinski definition) is 3. The molecule has 0 saturated heterocycles. The van der Waals surface area contributed by atoms with E-state index in [0.717, 1.165) is 12.1 Å². The van der Waals surface area contributed by atoms with Crippen LogP contribution in [0.15, 0.2) is 29.2 Å². The molecule has 1 unspecified atom stereocenters. The number of sulfonamides is 1. The first-order chi connectivity index (χ1) is 8.35. The van der Waals surface area contributed by atoms with Crippen LogP contribution in [-0.4, -0.2) is 19.4 Å². The molecule has 0 fully saturated rings. The van der Waals surface area contributed by atoms with Crippen molar-refractivity contribution in [2.75, 3.05) is 0 Å². The molecule has 4 nitrogen and oxygen atoms in total. The van der Waals surface area contributed by atoms with Crippen molar-refractivity contribution in [3.05, 3.63) is 30.1 Å². The minimum Gasteiger partial charge on any atom is -0.393 e. The van der Waals surface area contributed by atoms with E-state index in [1.807, 2.05) is 6.92 Å². The zero-order chi connectivity index (χ0) is 13.8. The van der Waals surface area contributed by atoms with E-state index in [1.54, 1.807) is 0 Å². The average Bonchev–Trinajstić information content (AvgIpc) is 2.27. The molecule has 0 heterocycles. The second kappa shape index (κ2) is 6.21. The normalized spacial score (nSPS) is 13.2. The Morgan fingerprint density at radius 1 is 1.44 bits per heavy atom. The lowest BCUT2D eigenvalue weighted by atomic mass is 10.2. The van der Waals surface area contributed by atoms with Gasteiger partial charge >= 0.3 is 0 Å². The third-order valence-electron chi connectivity index (χ3n) is 2.39. The fraction of sp³-hybridized carbons (Fsp3) is 0.364. The highest BCUT2D eigenvalue weighted by atomic mass is 32.2. The number of nitrogens with one attached hydrogen (secondary N) is 1. The van der Waals surface area contributed by atoms with Gasteiger partial charge in [-0.1, -0.05) is 19.1 Å². The molecule has 0 bridgehead atoms. The lowest BCUT2D eigenvalue weighted by molar-refractivity contribution is 0.546. The van der Waals surface area contributed by atoms with E-state index in [2.05, 4.69) is 4.72 Å². The van der Waals surface area contributed by atoms with Gasteiger partial charge in [-0.2, -0.15) is 0 Å². The van der Waals surface area contributed by atoms with E-state index >= 15 is 0 Å². The maximum atomic E-state index is 12.7. The number of nitrogens with two attached hydrogens (primary N) is 1. The summed E-state index contributed by atoms with van der Waals surface area (Å²) in [7, 11) is -3.67. The standard InChI is InChI=1S/C11H15FN2O2S2/c1-2-9(7-11(13)17)14-18(15,16)10-5-3-8(12)4-6-10/h3-6,9,14H,2,7H2,1H3,(H2,13,17). The van der Waals surface area contributed by atoms with Gasteiger partial charge in [-0.15, -0.1) is 0 Å². The van der Waals surface area contributed by atoms with Gasteiger partial charge in [0, 0.05) is 12.5 Å². The van der Waals surface area contributed by atoms with Gasteiger partial charge in [0.05, 0.1) is 9.88 Å². The van der Waals surface area contributed by atoms with Crippen LogP contribution < -0.4 is 10.5 Å². The van der Waals surface area contributed by atoms with Crippen molar-refractivity contribution in [2.24, 2.45) is 5.73 Å². The molecule has 0 aliphatic carbocycles. The first kappa shape index (κ1) is 15.0. The number of halogens is 1. The van der Waals surface area contributed by atoms with Gasteiger partial charge in [-0.05, 0) is 30.7 Å². The third kappa shape index (κ3) is 4.32. The molecule has 0 saturated carbocycles. The van der Waals surface area contributed by atoms with Crippen molar-refractivity contribution >= 4 is 27.2 Å². The van der Waals surface area contributed by atoms with Crippen molar-refractivity contribution in [3.63, 3.8) is 0 Å². The molecule has 0 radical (unpaired) electrons. The summed E-state index contributed by atoms with van der Waals surface area (Å²) in [6.07, 6.45) is 0.865. The zero-order valence-corrected chi connectivity index (χ0v) is 11.5. The largest absolute Gasteiger partial charge is 0.393 e. The van der Waals surface area contributed by atoms with Gasteiger partial charge in [-0.25, -0.2) is 17.5 Å². The molecule has 1 rings (SSSR count). The molecule has 3 N–H and O–H groups in total. The van der Waals surface area contributed by atoms with Gasteiger partial charge in [-0.3, -0.25) is 0 Å². The van der Waals surface area contributed by atoms with E-state index in [4.69, 9.17) is 18.0 Å². The van der Waals surface area contributed by atoms with Crippen LogP contribution in [0.1, 0.15) is 19.8 Å². The number of hydrogen-bond donors (Lipinski definition) is 2. The smallest absolute Gasteiger partial charge is 0.240 e. The number of rotatable bonds is 6. The van der Waals surface area contributed by atoms with Gasteiger partial charge < -0.3 is 5.73 Å². The summed E-state index contributed by atoms with van der Waals surface area (Å²) in [5.41, 5.74) is 5.39. The van der Waals surface area contributed by atoms with Gasteiger partial charge in [0.15, 0.2) is 0 Å². The Morgan fingerprint density at radius 3 is 2.44 bits per heavy atom. The molecule has 0 amide bonds. The molecule has 0 aliphatic rings. The maximum absolute atomic E-state index is 12.7. The highest BCUT2D eigenvalue weighted by molar-refractivity contribution is 7.89. The predicted octanol–water partition coefficient (Wildman–Crippen LogP) is 1.56. The zero-order valence-electron chi connectivity index (χ0n) is 9.89. The fourth-order valence-electron chi connectivity index (χ4n) is 1.41. The molecule has 18 heavy (non-hydrogen) atoms. The van der Waals surface area contributed by atoms with E-state index in [1.165, 1.54) is 12.1 Å². The van der Waals surface area contributed by atoms with Crippen LogP contribution in [0.25, 0.3) is 0 Å². The molecule has 0 aliphatic heterocycles. The highest BCUT2D eigenvalue weighted by Crippen LogP contribution is 2.11. The average molecular weight is 290 g/mol. The Hall–Kier alpha value is -1.05. The molecule has 100 valence electrons. The predicted molar refractivity (Wildman–Crippen MR) is 72.2 cm³/mol. The molecule has 0 aromatic heterocycles. The molecule has 0 spiro atoms. The summed E-state index contributed by atoms with van der Waals surface area (Å²) in [5.74, 6) is -0.482.